The summed E-state index contributed by atoms with van der Waals surface area (Å²) in [4.78, 5) is 11.4. The maximum absolute atomic E-state index is 5.69. The molecule has 0 aromatic carbocycles. The molecule has 2 aromatic heterocycles. The molecule has 4 rings (SSSR count). The third-order valence-corrected chi connectivity index (χ3v) is 4.58. The Morgan fingerprint density at radius 3 is 3.33 bits per heavy atom. The zero-order valence-electron chi connectivity index (χ0n) is 10.2. The minimum Gasteiger partial charge on any atom is -0.394 e. The minimum absolute atomic E-state index is 0.615. The standard InChI is InChI=1S/C13H16N4O/c1-3-10-9-13(10,5-1)6-8-18-17-12-11(15-16-17)4-2-7-14-12/h2,4,7,10H,1,3,5-6,8-9H2/t10-,13-/m1/s1. The van der Waals surface area contributed by atoms with E-state index in [0.29, 0.717) is 17.7 Å². The van der Waals surface area contributed by atoms with Crippen molar-refractivity contribution in [3.63, 3.8) is 0 Å². The predicted octanol–water partition coefficient (Wildman–Crippen LogP) is 1.84. The van der Waals surface area contributed by atoms with Gasteiger partial charge in [0, 0.05) is 6.20 Å². The molecule has 18 heavy (non-hydrogen) atoms. The van der Waals surface area contributed by atoms with Crippen molar-refractivity contribution in [2.75, 3.05) is 6.61 Å². The Balaban J connectivity index is 1.43. The smallest absolute Gasteiger partial charge is 0.219 e. The zero-order chi connectivity index (χ0) is 12.0. The van der Waals surface area contributed by atoms with Crippen LogP contribution in [0.4, 0.5) is 0 Å². The van der Waals surface area contributed by atoms with Crippen LogP contribution in [-0.4, -0.2) is 26.7 Å². The van der Waals surface area contributed by atoms with E-state index in [9.17, 15) is 0 Å². The van der Waals surface area contributed by atoms with Crippen molar-refractivity contribution in [3.8, 4) is 0 Å². The Morgan fingerprint density at radius 2 is 2.50 bits per heavy atom. The molecule has 0 bridgehead atoms. The molecule has 0 unspecified atom stereocenters. The summed E-state index contributed by atoms with van der Waals surface area (Å²) in [6.45, 7) is 0.714. The highest BCUT2D eigenvalue weighted by Gasteiger charge is 2.55. The van der Waals surface area contributed by atoms with Gasteiger partial charge in [0.1, 0.15) is 12.1 Å². The van der Waals surface area contributed by atoms with E-state index in [1.54, 1.807) is 6.20 Å². The molecule has 0 spiro atoms. The van der Waals surface area contributed by atoms with E-state index in [1.165, 1.54) is 30.5 Å². The molecule has 2 aliphatic rings. The van der Waals surface area contributed by atoms with E-state index < -0.39 is 0 Å². The first-order chi connectivity index (χ1) is 8.87. The molecule has 5 nitrogen and oxygen atoms in total. The van der Waals surface area contributed by atoms with Crippen LogP contribution in [0.15, 0.2) is 18.3 Å². The van der Waals surface area contributed by atoms with E-state index in [4.69, 9.17) is 4.84 Å². The highest BCUT2D eigenvalue weighted by Crippen LogP contribution is 2.65. The van der Waals surface area contributed by atoms with Gasteiger partial charge in [-0.15, -0.1) is 5.10 Å². The van der Waals surface area contributed by atoms with Crippen LogP contribution in [0.3, 0.4) is 0 Å². The lowest BCUT2D eigenvalue weighted by molar-refractivity contribution is 0.0727. The number of aromatic nitrogens is 4. The second-order valence-corrected chi connectivity index (χ2v) is 5.55. The van der Waals surface area contributed by atoms with Crippen LogP contribution in [0.2, 0.25) is 0 Å². The summed E-state index contributed by atoms with van der Waals surface area (Å²) in [6.07, 6.45) is 8.50. The van der Waals surface area contributed by atoms with Gasteiger partial charge in [-0.2, -0.15) is 0 Å². The average molecular weight is 244 g/mol. The summed E-state index contributed by atoms with van der Waals surface area (Å²) < 4.78 is 0. The van der Waals surface area contributed by atoms with Gasteiger partial charge in [0.15, 0.2) is 0 Å². The molecule has 2 heterocycles. The van der Waals surface area contributed by atoms with Crippen LogP contribution in [-0.2, 0) is 0 Å². The van der Waals surface area contributed by atoms with Gasteiger partial charge in [-0.05, 0) is 54.4 Å². The number of fused-ring (bicyclic) bond motifs is 2. The number of hydrogen-bond donors (Lipinski definition) is 0. The van der Waals surface area contributed by atoms with Gasteiger partial charge in [-0.3, -0.25) is 0 Å². The Labute approximate surface area is 105 Å². The lowest BCUT2D eigenvalue weighted by Crippen LogP contribution is -2.17. The monoisotopic (exact) mass is 244 g/mol. The summed E-state index contributed by atoms with van der Waals surface area (Å²) >= 11 is 0. The second-order valence-electron chi connectivity index (χ2n) is 5.55. The molecule has 0 amide bonds. The molecule has 94 valence electrons. The first kappa shape index (κ1) is 10.3. The Morgan fingerprint density at radius 1 is 1.50 bits per heavy atom. The van der Waals surface area contributed by atoms with Gasteiger partial charge in [0.25, 0.3) is 0 Å². The predicted molar refractivity (Wildman–Crippen MR) is 65.8 cm³/mol. The molecule has 0 saturated heterocycles. The summed E-state index contributed by atoms with van der Waals surface area (Å²) in [5, 5.41) is 8.00. The largest absolute Gasteiger partial charge is 0.394 e. The fraction of sp³-hybridized carbons (Fsp3) is 0.615. The molecule has 2 atom stereocenters. The van der Waals surface area contributed by atoms with Gasteiger partial charge >= 0.3 is 0 Å². The van der Waals surface area contributed by atoms with Crippen molar-refractivity contribution in [1.29, 1.82) is 0 Å². The van der Waals surface area contributed by atoms with Crippen molar-refractivity contribution in [3.05, 3.63) is 18.3 Å². The molecule has 2 aromatic rings. The van der Waals surface area contributed by atoms with Gasteiger partial charge in [0.2, 0.25) is 5.65 Å². The first-order valence-corrected chi connectivity index (χ1v) is 6.67. The third kappa shape index (κ3) is 1.50. The number of pyridine rings is 1. The average Bonchev–Trinajstić information content (AvgIpc) is 2.76. The Bertz CT molecular complexity index is 581. The van der Waals surface area contributed by atoms with Crippen molar-refractivity contribution in [2.24, 2.45) is 11.3 Å². The van der Waals surface area contributed by atoms with Crippen LogP contribution in [0, 0.1) is 11.3 Å². The molecule has 2 fully saturated rings. The Hall–Kier alpha value is -1.65. The van der Waals surface area contributed by atoms with E-state index in [1.807, 2.05) is 12.1 Å². The number of rotatable bonds is 4. The SMILES string of the molecule is c1cnc2c(c1)nnn2OCC[C@@]12CCC[C@@H]1C2. The molecule has 0 aliphatic heterocycles. The van der Waals surface area contributed by atoms with E-state index in [2.05, 4.69) is 15.3 Å². The van der Waals surface area contributed by atoms with Crippen molar-refractivity contribution in [1.82, 2.24) is 20.1 Å². The van der Waals surface area contributed by atoms with Crippen LogP contribution in [0.25, 0.3) is 11.2 Å². The molecular weight excluding hydrogens is 228 g/mol. The van der Waals surface area contributed by atoms with Crippen molar-refractivity contribution < 1.29 is 4.84 Å². The van der Waals surface area contributed by atoms with Crippen LogP contribution >= 0.6 is 0 Å². The Kier molecular flexibility index (Phi) is 2.10. The minimum atomic E-state index is 0.615. The maximum Gasteiger partial charge on any atom is 0.219 e. The van der Waals surface area contributed by atoms with Crippen LogP contribution < -0.4 is 4.84 Å². The quantitative estimate of drug-likeness (QED) is 0.823. The number of hydrogen-bond acceptors (Lipinski definition) is 4. The zero-order valence-corrected chi connectivity index (χ0v) is 10.2. The molecule has 0 radical (unpaired) electrons. The fourth-order valence-electron chi connectivity index (χ4n) is 3.45. The third-order valence-electron chi connectivity index (χ3n) is 4.58. The fourth-order valence-corrected chi connectivity index (χ4v) is 3.45. The molecular formula is C13H16N4O. The molecule has 0 N–H and O–H groups in total. The van der Waals surface area contributed by atoms with Crippen LogP contribution in [0.5, 0.6) is 0 Å². The van der Waals surface area contributed by atoms with Gasteiger partial charge in [-0.1, -0.05) is 11.3 Å². The lowest BCUT2D eigenvalue weighted by atomic mass is 10.0. The lowest BCUT2D eigenvalue weighted by Gasteiger charge is -2.11. The second kappa shape index (κ2) is 3.67. The highest BCUT2D eigenvalue weighted by molar-refractivity contribution is 5.68. The van der Waals surface area contributed by atoms with Gasteiger partial charge in [-0.25, -0.2) is 4.98 Å². The van der Waals surface area contributed by atoms with Crippen molar-refractivity contribution >= 4 is 11.2 Å². The van der Waals surface area contributed by atoms with E-state index in [0.717, 1.165) is 17.9 Å². The number of nitrogens with zero attached hydrogens (tertiary/aromatic N) is 4. The summed E-state index contributed by atoms with van der Waals surface area (Å²) in [6, 6.07) is 3.75. The topological polar surface area (TPSA) is 52.8 Å². The molecule has 2 saturated carbocycles. The molecule has 2 aliphatic carbocycles. The van der Waals surface area contributed by atoms with Crippen molar-refractivity contribution in [2.45, 2.75) is 32.1 Å². The van der Waals surface area contributed by atoms with E-state index in [-0.39, 0.29) is 0 Å². The first-order valence-electron chi connectivity index (χ1n) is 6.67. The summed E-state index contributed by atoms with van der Waals surface area (Å²) in [5.74, 6) is 0.978. The highest BCUT2D eigenvalue weighted by atomic mass is 16.7. The van der Waals surface area contributed by atoms with Gasteiger partial charge < -0.3 is 4.84 Å². The summed E-state index contributed by atoms with van der Waals surface area (Å²) in [5.41, 5.74) is 2.10. The van der Waals surface area contributed by atoms with E-state index >= 15 is 0 Å². The molecule has 5 heteroatoms. The van der Waals surface area contributed by atoms with Gasteiger partial charge in [0.05, 0.1) is 0 Å². The summed E-state index contributed by atoms with van der Waals surface area (Å²) in [7, 11) is 0. The maximum atomic E-state index is 5.69. The normalized spacial score (nSPS) is 29.4. The van der Waals surface area contributed by atoms with Crippen LogP contribution in [0.1, 0.15) is 32.1 Å².